The first-order valence-electron chi connectivity index (χ1n) is 26.1. The van der Waals surface area contributed by atoms with Crippen LogP contribution in [-0.2, 0) is 28.6 Å². The molecule has 354 valence electrons. The topological polar surface area (TPSA) is 78.9 Å². The zero-order valence-corrected chi connectivity index (χ0v) is 40.4. The molecule has 0 saturated carbocycles. The number of hydrogen-bond acceptors (Lipinski definition) is 6. The molecule has 0 radical (unpaired) electrons. The van der Waals surface area contributed by atoms with Crippen LogP contribution < -0.4 is 0 Å². The van der Waals surface area contributed by atoms with Crippen LogP contribution in [0.4, 0.5) is 0 Å². The minimum absolute atomic E-state index is 0.0909. The summed E-state index contributed by atoms with van der Waals surface area (Å²) in [6.07, 6.45) is 59.5. The van der Waals surface area contributed by atoms with Gasteiger partial charge in [-0.05, 0) is 77.0 Å². The van der Waals surface area contributed by atoms with Crippen molar-refractivity contribution in [2.24, 2.45) is 0 Å². The first-order valence-corrected chi connectivity index (χ1v) is 26.1. The Bertz CT molecular complexity index is 1070. The van der Waals surface area contributed by atoms with E-state index in [-0.39, 0.29) is 31.1 Å². The summed E-state index contributed by atoms with van der Waals surface area (Å²) in [5.74, 6) is -0.946. The van der Waals surface area contributed by atoms with Crippen molar-refractivity contribution >= 4 is 17.9 Å². The van der Waals surface area contributed by atoms with Gasteiger partial charge in [0.25, 0.3) is 0 Å². The van der Waals surface area contributed by atoms with Crippen molar-refractivity contribution in [3.8, 4) is 0 Å². The van der Waals surface area contributed by atoms with Gasteiger partial charge >= 0.3 is 17.9 Å². The van der Waals surface area contributed by atoms with Gasteiger partial charge in [0.2, 0.25) is 0 Å². The molecule has 0 bridgehead atoms. The lowest BCUT2D eigenvalue weighted by molar-refractivity contribution is -0.167. The van der Waals surface area contributed by atoms with Crippen LogP contribution in [0.15, 0.2) is 48.6 Å². The number of hydrogen-bond donors (Lipinski definition) is 0. The van der Waals surface area contributed by atoms with Crippen LogP contribution in [0.5, 0.6) is 0 Å². The Labute approximate surface area is 378 Å². The third-order valence-electron chi connectivity index (χ3n) is 11.3. The molecular formula is C55H98O6. The van der Waals surface area contributed by atoms with Gasteiger partial charge < -0.3 is 14.2 Å². The summed E-state index contributed by atoms with van der Waals surface area (Å²) in [6.45, 7) is 6.58. The van der Waals surface area contributed by atoms with Crippen molar-refractivity contribution in [1.29, 1.82) is 0 Å². The third kappa shape index (κ3) is 48.3. The van der Waals surface area contributed by atoms with Gasteiger partial charge in [0, 0.05) is 19.3 Å². The molecule has 0 heterocycles. The maximum Gasteiger partial charge on any atom is 0.306 e. The standard InChI is InChI=1S/C55H98O6/c1-4-7-10-13-16-19-22-25-26-27-28-31-33-36-39-42-45-48-54(57)60-51-52(61-55(58)49-46-43-40-37-34-30-24-21-18-15-12-9-6-3)50-59-53(56)47-44-41-38-35-32-29-23-20-17-14-11-8-5-2/h20,23,25-26,28,31,36,39,52H,4-19,21-22,24,27,29-30,32-35,37-38,40-51H2,1-3H3/b23-20-,26-25-,31-28-,39-36-/t52-/m0/s1. The maximum atomic E-state index is 12.8. The van der Waals surface area contributed by atoms with Gasteiger partial charge in [0.15, 0.2) is 6.10 Å². The van der Waals surface area contributed by atoms with Gasteiger partial charge in [-0.15, -0.1) is 0 Å². The molecule has 0 aliphatic carbocycles. The van der Waals surface area contributed by atoms with Gasteiger partial charge in [0.1, 0.15) is 13.2 Å². The minimum Gasteiger partial charge on any atom is -0.462 e. The highest BCUT2D eigenvalue weighted by Gasteiger charge is 2.19. The Morgan fingerprint density at radius 1 is 0.328 bits per heavy atom. The molecule has 0 aliphatic rings. The van der Waals surface area contributed by atoms with Crippen LogP contribution in [0.3, 0.4) is 0 Å². The van der Waals surface area contributed by atoms with Gasteiger partial charge in [0.05, 0.1) is 0 Å². The fourth-order valence-corrected chi connectivity index (χ4v) is 7.34. The van der Waals surface area contributed by atoms with E-state index in [2.05, 4.69) is 69.4 Å². The third-order valence-corrected chi connectivity index (χ3v) is 11.3. The SMILES string of the molecule is CCCCCC/C=C\CCCCCCCC(=O)OC[C@@H](COC(=O)CCC/C=C\C/C=C\C/C=C\CCCCCCCC)OC(=O)CCCCCCCCCCCCCCC. The first-order chi connectivity index (χ1) is 30.0. The van der Waals surface area contributed by atoms with E-state index in [1.807, 2.05) is 0 Å². The summed E-state index contributed by atoms with van der Waals surface area (Å²) in [5.41, 5.74) is 0. The molecule has 61 heavy (non-hydrogen) atoms. The molecule has 0 N–H and O–H groups in total. The second kappa shape index (κ2) is 50.0. The van der Waals surface area contributed by atoms with Crippen molar-refractivity contribution in [2.75, 3.05) is 13.2 Å². The minimum atomic E-state index is -0.792. The Balaban J connectivity index is 4.44. The largest absolute Gasteiger partial charge is 0.462 e. The zero-order valence-electron chi connectivity index (χ0n) is 40.4. The van der Waals surface area contributed by atoms with Crippen molar-refractivity contribution in [2.45, 2.75) is 271 Å². The average Bonchev–Trinajstić information content (AvgIpc) is 3.26. The summed E-state index contributed by atoms with van der Waals surface area (Å²) in [5, 5.41) is 0. The smallest absolute Gasteiger partial charge is 0.306 e. The van der Waals surface area contributed by atoms with E-state index >= 15 is 0 Å². The van der Waals surface area contributed by atoms with Crippen LogP contribution >= 0.6 is 0 Å². The summed E-state index contributed by atoms with van der Waals surface area (Å²) in [7, 11) is 0. The van der Waals surface area contributed by atoms with Crippen LogP contribution in [0.1, 0.15) is 265 Å². The monoisotopic (exact) mass is 855 g/mol. The van der Waals surface area contributed by atoms with Crippen molar-refractivity contribution in [3.05, 3.63) is 48.6 Å². The predicted molar refractivity (Wildman–Crippen MR) is 261 cm³/mol. The summed E-state index contributed by atoms with van der Waals surface area (Å²) >= 11 is 0. The first kappa shape index (κ1) is 58.4. The van der Waals surface area contributed by atoms with Crippen molar-refractivity contribution in [3.63, 3.8) is 0 Å². The Morgan fingerprint density at radius 2 is 0.607 bits per heavy atom. The summed E-state index contributed by atoms with van der Waals surface area (Å²) in [6, 6.07) is 0. The van der Waals surface area contributed by atoms with E-state index in [0.29, 0.717) is 25.7 Å². The van der Waals surface area contributed by atoms with Gasteiger partial charge in [-0.3, -0.25) is 14.4 Å². The lowest BCUT2D eigenvalue weighted by Gasteiger charge is -2.18. The number of ether oxygens (including phenoxy) is 3. The normalized spacial score (nSPS) is 12.4. The number of esters is 3. The lowest BCUT2D eigenvalue weighted by Crippen LogP contribution is -2.30. The number of unbranched alkanes of at least 4 members (excludes halogenated alkanes) is 28. The van der Waals surface area contributed by atoms with Crippen molar-refractivity contribution in [1.82, 2.24) is 0 Å². The second-order valence-corrected chi connectivity index (χ2v) is 17.4. The molecule has 1 atom stereocenters. The molecule has 0 amide bonds. The molecular weight excluding hydrogens is 757 g/mol. The maximum absolute atomic E-state index is 12.8. The molecule has 0 unspecified atom stereocenters. The van der Waals surface area contributed by atoms with Crippen LogP contribution in [0.2, 0.25) is 0 Å². The molecule has 0 spiro atoms. The number of carbonyl (C=O) groups excluding carboxylic acids is 3. The molecule has 6 nitrogen and oxygen atoms in total. The fraction of sp³-hybridized carbons (Fsp3) is 0.800. The van der Waals surface area contributed by atoms with Crippen LogP contribution in [0.25, 0.3) is 0 Å². The molecule has 0 saturated heterocycles. The fourth-order valence-electron chi connectivity index (χ4n) is 7.34. The van der Waals surface area contributed by atoms with E-state index < -0.39 is 6.10 Å². The van der Waals surface area contributed by atoms with E-state index in [1.54, 1.807) is 0 Å². The van der Waals surface area contributed by atoms with E-state index in [4.69, 9.17) is 14.2 Å². The molecule has 0 aromatic carbocycles. The molecule has 0 aromatic rings. The van der Waals surface area contributed by atoms with E-state index in [1.165, 1.54) is 154 Å². The lowest BCUT2D eigenvalue weighted by atomic mass is 10.0. The van der Waals surface area contributed by atoms with Gasteiger partial charge in [-0.1, -0.05) is 217 Å². The number of rotatable bonds is 47. The molecule has 0 rings (SSSR count). The molecule has 0 fully saturated rings. The predicted octanol–water partition coefficient (Wildman–Crippen LogP) is 17.1. The second-order valence-electron chi connectivity index (χ2n) is 17.4. The van der Waals surface area contributed by atoms with Crippen LogP contribution in [0, 0.1) is 0 Å². The van der Waals surface area contributed by atoms with E-state index in [9.17, 15) is 14.4 Å². The molecule has 0 aromatic heterocycles. The van der Waals surface area contributed by atoms with E-state index in [0.717, 1.165) is 64.2 Å². The van der Waals surface area contributed by atoms with Crippen molar-refractivity contribution < 1.29 is 28.6 Å². The quantitative estimate of drug-likeness (QED) is 0.0263. The number of allylic oxidation sites excluding steroid dienone is 8. The summed E-state index contributed by atoms with van der Waals surface area (Å²) < 4.78 is 16.7. The molecule has 6 heteroatoms. The highest BCUT2D eigenvalue weighted by atomic mass is 16.6. The van der Waals surface area contributed by atoms with Crippen LogP contribution in [-0.4, -0.2) is 37.2 Å². The number of carbonyl (C=O) groups is 3. The van der Waals surface area contributed by atoms with Gasteiger partial charge in [-0.2, -0.15) is 0 Å². The van der Waals surface area contributed by atoms with Gasteiger partial charge in [-0.25, -0.2) is 0 Å². The Morgan fingerprint density at radius 3 is 1.02 bits per heavy atom. The summed E-state index contributed by atoms with van der Waals surface area (Å²) in [4.78, 5) is 37.9. The highest BCUT2D eigenvalue weighted by Crippen LogP contribution is 2.15. The Hall–Kier alpha value is -2.63. The molecule has 0 aliphatic heterocycles. The highest BCUT2D eigenvalue weighted by molar-refractivity contribution is 5.71. The Kier molecular flexibility index (Phi) is 47.9. The zero-order chi connectivity index (χ0) is 44.4. The average molecular weight is 855 g/mol.